The number of anilines is 1. The Bertz CT molecular complexity index is 483. The highest BCUT2D eigenvalue weighted by atomic mass is 16.5. The maximum atomic E-state index is 10.1. The fraction of sp³-hybridized carbons (Fsp3) is 0.462. The lowest BCUT2D eigenvalue weighted by atomic mass is 10.1. The minimum Gasteiger partial charge on any atom is -0.493 e. The zero-order valence-electron chi connectivity index (χ0n) is 10.4. The Balaban J connectivity index is 2.02. The molecule has 2 N–H and O–H groups in total. The fourth-order valence-corrected chi connectivity index (χ4v) is 2.59. The summed E-state index contributed by atoms with van der Waals surface area (Å²) in [7, 11) is 1.61. The number of hydrogen-bond donors (Lipinski definition) is 2. The zero-order chi connectivity index (χ0) is 12.6. The minimum absolute atomic E-state index is 0.0260. The molecular formula is C13H17N3O2. The molecule has 1 saturated heterocycles. The quantitative estimate of drug-likeness (QED) is 0.836. The van der Waals surface area contributed by atoms with Crippen LogP contribution in [-0.4, -0.2) is 42.1 Å². The third-order valence-corrected chi connectivity index (χ3v) is 3.54. The summed E-state index contributed by atoms with van der Waals surface area (Å²) >= 11 is 0. The number of hydrogen-bond acceptors (Lipinski definition) is 4. The van der Waals surface area contributed by atoms with Crippen LogP contribution < -0.4 is 5.32 Å². The van der Waals surface area contributed by atoms with Gasteiger partial charge in [-0.3, -0.25) is 0 Å². The van der Waals surface area contributed by atoms with Crippen molar-refractivity contribution >= 4 is 11.6 Å². The highest BCUT2D eigenvalue weighted by Crippen LogP contribution is 2.32. The third kappa shape index (κ3) is 1.67. The second kappa shape index (κ2) is 4.26. The molecule has 2 aliphatic heterocycles. The van der Waals surface area contributed by atoms with Crippen LogP contribution >= 0.6 is 0 Å². The van der Waals surface area contributed by atoms with E-state index in [1.165, 1.54) is 0 Å². The topological polar surface area (TPSA) is 57.1 Å². The van der Waals surface area contributed by atoms with Gasteiger partial charge in [0.25, 0.3) is 0 Å². The number of benzene rings is 1. The molecule has 1 aromatic carbocycles. The normalized spacial score (nSPS) is 27.5. The molecule has 0 spiro atoms. The number of aliphatic hydroxyl groups is 1. The van der Waals surface area contributed by atoms with Gasteiger partial charge in [-0.15, -0.1) is 0 Å². The van der Waals surface area contributed by atoms with Crippen LogP contribution in [0.25, 0.3) is 0 Å². The van der Waals surface area contributed by atoms with Crippen molar-refractivity contribution in [2.45, 2.75) is 18.8 Å². The molecule has 1 aromatic rings. The van der Waals surface area contributed by atoms with Crippen LogP contribution in [0, 0.1) is 0 Å². The monoisotopic (exact) mass is 247 g/mol. The molecule has 0 radical (unpaired) electrons. The highest BCUT2D eigenvalue weighted by Gasteiger charge is 2.42. The van der Waals surface area contributed by atoms with Gasteiger partial charge in [0.2, 0.25) is 5.90 Å². The second-order valence-corrected chi connectivity index (χ2v) is 4.61. The number of fused-ring (bicyclic) bond motifs is 1. The molecule has 1 fully saturated rings. The van der Waals surface area contributed by atoms with Crippen LogP contribution in [-0.2, 0) is 4.74 Å². The van der Waals surface area contributed by atoms with E-state index >= 15 is 0 Å². The first-order valence-electron chi connectivity index (χ1n) is 6.22. The lowest BCUT2D eigenvalue weighted by Crippen LogP contribution is -2.55. The van der Waals surface area contributed by atoms with Crippen molar-refractivity contribution in [1.82, 2.24) is 4.90 Å². The Labute approximate surface area is 106 Å². The molecule has 2 heterocycles. The number of nitrogens with zero attached hydrogens (tertiary/aromatic N) is 2. The SMILES string of the molecule is COC1(N2CCCC2)N=C(O)c2ccccc2N1. The van der Waals surface area contributed by atoms with E-state index in [2.05, 4.69) is 15.2 Å². The van der Waals surface area contributed by atoms with Gasteiger partial charge in [-0.25, -0.2) is 4.90 Å². The smallest absolute Gasteiger partial charge is 0.305 e. The molecule has 2 aliphatic rings. The van der Waals surface area contributed by atoms with Gasteiger partial charge in [-0.2, -0.15) is 4.99 Å². The third-order valence-electron chi connectivity index (χ3n) is 3.54. The Morgan fingerprint density at radius 2 is 2.06 bits per heavy atom. The van der Waals surface area contributed by atoms with Crippen molar-refractivity contribution in [3.05, 3.63) is 29.8 Å². The van der Waals surface area contributed by atoms with E-state index in [1.807, 2.05) is 24.3 Å². The standard InChI is InChI=1S/C13H17N3O2/c1-18-13(16-8-4-5-9-16)14-11-7-3-2-6-10(11)12(17)15-13/h2-3,6-7,14H,4-5,8-9H2,1H3,(H,15,17). The summed E-state index contributed by atoms with van der Waals surface area (Å²) < 4.78 is 5.56. The van der Waals surface area contributed by atoms with Gasteiger partial charge >= 0.3 is 5.97 Å². The molecular weight excluding hydrogens is 230 g/mol. The largest absolute Gasteiger partial charge is 0.493 e. The summed E-state index contributed by atoms with van der Waals surface area (Å²) in [6.45, 7) is 1.83. The van der Waals surface area contributed by atoms with Crippen molar-refractivity contribution in [3.63, 3.8) is 0 Å². The summed E-state index contributed by atoms with van der Waals surface area (Å²) in [4.78, 5) is 6.43. The van der Waals surface area contributed by atoms with E-state index in [9.17, 15) is 5.11 Å². The number of ether oxygens (including phenoxy) is 1. The molecule has 1 atom stereocenters. The van der Waals surface area contributed by atoms with E-state index < -0.39 is 5.97 Å². The second-order valence-electron chi connectivity index (χ2n) is 4.61. The number of rotatable bonds is 2. The molecule has 0 amide bonds. The number of nitrogens with one attached hydrogen (secondary N) is 1. The minimum atomic E-state index is -0.963. The molecule has 0 aliphatic carbocycles. The van der Waals surface area contributed by atoms with E-state index in [0.717, 1.165) is 31.6 Å². The molecule has 0 bridgehead atoms. The average molecular weight is 247 g/mol. The van der Waals surface area contributed by atoms with Gasteiger partial charge in [-0.1, -0.05) is 12.1 Å². The van der Waals surface area contributed by atoms with Crippen LogP contribution in [0.2, 0.25) is 0 Å². The van der Waals surface area contributed by atoms with Crippen LogP contribution in [0.5, 0.6) is 0 Å². The fourth-order valence-electron chi connectivity index (χ4n) is 2.59. The van der Waals surface area contributed by atoms with E-state index in [-0.39, 0.29) is 5.90 Å². The van der Waals surface area contributed by atoms with Crippen LogP contribution in [0.3, 0.4) is 0 Å². The van der Waals surface area contributed by atoms with Gasteiger partial charge in [0.05, 0.1) is 11.3 Å². The summed E-state index contributed by atoms with van der Waals surface area (Å²) in [5.41, 5.74) is 1.56. The molecule has 0 aromatic heterocycles. The van der Waals surface area contributed by atoms with Crippen LogP contribution in [0.4, 0.5) is 5.69 Å². The molecule has 5 nitrogen and oxygen atoms in total. The summed E-state index contributed by atoms with van der Waals surface area (Å²) in [5, 5.41) is 13.4. The Hall–Kier alpha value is -1.59. The van der Waals surface area contributed by atoms with Crippen LogP contribution in [0.1, 0.15) is 18.4 Å². The number of methoxy groups -OCH3 is 1. The van der Waals surface area contributed by atoms with Crippen LogP contribution in [0.15, 0.2) is 29.3 Å². The predicted molar refractivity (Wildman–Crippen MR) is 69.8 cm³/mol. The first-order chi connectivity index (χ1) is 8.75. The molecule has 18 heavy (non-hydrogen) atoms. The number of aliphatic hydroxyl groups excluding tert-OH is 1. The van der Waals surface area contributed by atoms with Crippen molar-refractivity contribution in [2.24, 2.45) is 4.99 Å². The first-order valence-corrected chi connectivity index (χ1v) is 6.22. The first kappa shape index (κ1) is 11.5. The average Bonchev–Trinajstić information content (AvgIpc) is 2.93. The molecule has 3 rings (SSSR count). The van der Waals surface area contributed by atoms with Crippen molar-refractivity contribution in [3.8, 4) is 0 Å². The summed E-state index contributed by atoms with van der Waals surface area (Å²) in [6.07, 6.45) is 2.26. The summed E-state index contributed by atoms with van der Waals surface area (Å²) in [6, 6.07) is 7.56. The summed E-state index contributed by atoms with van der Waals surface area (Å²) in [5.74, 6) is -0.937. The molecule has 1 unspecified atom stereocenters. The number of para-hydroxylation sites is 1. The zero-order valence-corrected chi connectivity index (χ0v) is 10.4. The Morgan fingerprint density at radius 1 is 1.33 bits per heavy atom. The van der Waals surface area contributed by atoms with E-state index in [0.29, 0.717) is 5.56 Å². The van der Waals surface area contributed by atoms with E-state index in [4.69, 9.17) is 4.74 Å². The van der Waals surface area contributed by atoms with Gasteiger partial charge in [0.15, 0.2) is 0 Å². The van der Waals surface area contributed by atoms with Gasteiger partial charge in [-0.05, 0) is 25.0 Å². The van der Waals surface area contributed by atoms with E-state index in [1.54, 1.807) is 7.11 Å². The number of aliphatic imine (C=N–C) groups is 1. The molecule has 96 valence electrons. The lowest BCUT2D eigenvalue weighted by molar-refractivity contribution is -0.0992. The molecule has 5 heteroatoms. The maximum Gasteiger partial charge on any atom is 0.305 e. The Morgan fingerprint density at radius 3 is 2.78 bits per heavy atom. The van der Waals surface area contributed by atoms with Gasteiger partial charge in [0.1, 0.15) is 0 Å². The van der Waals surface area contributed by atoms with Gasteiger partial charge in [0, 0.05) is 20.2 Å². The van der Waals surface area contributed by atoms with Gasteiger partial charge < -0.3 is 15.2 Å². The molecule has 0 saturated carbocycles. The lowest BCUT2D eigenvalue weighted by Gasteiger charge is -2.40. The van der Waals surface area contributed by atoms with Crippen molar-refractivity contribution in [2.75, 3.05) is 25.5 Å². The number of likely N-dealkylation sites (tertiary alicyclic amines) is 1. The maximum absolute atomic E-state index is 10.1. The predicted octanol–water partition coefficient (Wildman–Crippen LogP) is 1.77. The van der Waals surface area contributed by atoms with Crippen molar-refractivity contribution in [1.29, 1.82) is 0 Å². The Kier molecular flexibility index (Phi) is 2.72. The highest BCUT2D eigenvalue weighted by molar-refractivity contribution is 5.99. The van der Waals surface area contributed by atoms with Crippen molar-refractivity contribution < 1.29 is 9.84 Å².